The molecule has 1 fully saturated rings. The van der Waals surface area contributed by atoms with Crippen LogP contribution in [0.1, 0.15) is 33.6 Å². The Balaban J connectivity index is 2.72. The van der Waals surface area contributed by atoms with E-state index < -0.39 is 11.0 Å². The second-order valence-electron chi connectivity index (χ2n) is 5.50. The molecular weight excluding hydrogens is 206 g/mol. The van der Waals surface area contributed by atoms with Gasteiger partial charge in [-0.1, -0.05) is 0 Å². The van der Waals surface area contributed by atoms with Crippen LogP contribution in [-0.4, -0.2) is 38.4 Å². The minimum Gasteiger partial charge on any atom is -0.459 e. The van der Waals surface area contributed by atoms with Crippen molar-refractivity contribution in [2.24, 2.45) is 5.41 Å². The molecule has 1 rings (SSSR count). The monoisotopic (exact) mass is 229 g/mol. The van der Waals surface area contributed by atoms with E-state index in [0.717, 1.165) is 19.4 Å². The molecule has 0 spiro atoms. The van der Waals surface area contributed by atoms with E-state index in [-0.39, 0.29) is 5.97 Å². The van der Waals surface area contributed by atoms with Crippen LogP contribution >= 0.6 is 0 Å². The average molecular weight is 229 g/mol. The molecule has 1 saturated heterocycles. The molecule has 0 amide bonds. The van der Waals surface area contributed by atoms with Gasteiger partial charge in [0.15, 0.2) is 0 Å². The molecule has 1 atom stereocenters. The minimum absolute atomic E-state index is 0.144. The second-order valence-corrected chi connectivity index (χ2v) is 5.50. The zero-order valence-electron chi connectivity index (χ0n) is 10.8. The molecule has 0 aromatic rings. The summed E-state index contributed by atoms with van der Waals surface area (Å²) in [6.07, 6.45) is 1.82. The van der Waals surface area contributed by atoms with Crippen LogP contribution in [0.2, 0.25) is 0 Å². The second kappa shape index (κ2) is 5.15. The number of ether oxygens (including phenoxy) is 2. The number of carbonyl (C=O) groups excluding carboxylic acids is 1. The average Bonchev–Trinajstić information content (AvgIpc) is 2.17. The summed E-state index contributed by atoms with van der Waals surface area (Å²) in [5, 5.41) is 3.25. The number of hydrogen-bond acceptors (Lipinski definition) is 4. The van der Waals surface area contributed by atoms with Gasteiger partial charge in [-0.05, 0) is 40.2 Å². The Hall–Kier alpha value is -0.610. The van der Waals surface area contributed by atoms with Crippen molar-refractivity contribution in [2.45, 2.75) is 39.2 Å². The number of hydrogen-bond donors (Lipinski definition) is 1. The highest BCUT2D eigenvalue weighted by atomic mass is 16.6. The molecule has 4 heteroatoms. The van der Waals surface area contributed by atoms with Crippen molar-refractivity contribution in [3.8, 4) is 0 Å². The predicted molar refractivity (Wildman–Crippen MR) is 62.3 cm³/mol. The molecule has 1 N–H and O–H groups in total. The van der Waals surface area contributed by atoms with Crippen LogP contribution in [0.25, 0.3) is 0 Å². The summed E-state index contributed by atoms with van der Waals surface area (Å²) in [4.78, 5) is 12.2. The number of esters is 1. The van der Waals surface area contributed by atoms with E-state index in [1.807, 2.05) is 20.8 Å². The Labute approximate surface area is 97.7 Å². The first-order chi connectivity index (χ1) is 7.40. The Morgan fingerprint density at radius 2 is 2.12 bits per heavy atom. The molecule has 1 heterocycles. The van der Waals surface area contributed by atoms with Gasteiger partial charge in [-0.15, -0.1) is 0 Å². The largest absolute Gasteiger partial charge is 0.459 e. The molecule has 0 bridgehead atoms. The molecule has 16 heavy (non-hydrogen) atoms. The first kappa shape index (κ1) is 13.5. The first-order valence-electron chi connectivity index (χ1n) is 5.83. The Bertz CT molecular complexity index is 234. The number of carbonyl (C=O) groups is 1. The molecule has 0 saturated carbocycles. The minimum atomic E-state index is -0.500. The standard InChI is InChI=1S/C12H23NO3/c1-11(2,3)16-10(14)12(9-15-4)6-5-7-13-8-12/h13H,5-9H2,1-4H3. The van der Waals surface area contributed by atoms with Gasteiger partial charge in [-0.3, -0.25) is 4.79 Å². The summed E-state index contributed by atoms with van der Waals surface area (Å²) in [5.41, 5.74) is -0.935. The van der Waals surface area contributed by atoms with Crippen LogP contribution in [0.15, 0.2) is 0 Å². The van der Waals surface area contributed by atoms with Crippen LogP contribution in [0.3, 0.4) is 0 Å². The molecule has 1 unspecified atom stereocenters. The summed E-state index contributed by atoms with van der Waals surface area (Å²) in [6, 6.07) is 0. The van der Waals surface area contributed by atoms with E-state index in [0.29, 0.717) is 13.2 Å². The van der Waals surface area contributed by atoms with E-state index in [1.165, 1.54) is 0 Å². The Morgan fingerprint density at radius 1 is 1.44 bits per heavy atom. The van der Waals surface area contributed by atoms with Crippen molar-refractivity contribution in [2.75, 3.05) is 26.8 Å². The first-order valence-corrected chi connectivity index (χ1v) is 5.83. The Kier molecular flexibility index (Phi) is 4.33. The van der Waals surface area contributed by atoms with Crippen LogP contribution in [0.5, 0.6) is 0 Å². The van der Waals surface area contributed by atoms with Crippen LogP contribution in [0.4, 0.5) is 0 Å². The maximum Gasteiger partial charge on any atom is 0.316 e. The summed E-state index contributed by atoms with van der Waals surface area (Å²) in [6.45, 7) is 7.71. The van der Waals surface area contributed by atoms with Gasteiger partial charge in [-0.25, -0.2) is 0 Å². The van der Waals surface area contributed by atoms with Gasteiger partial charge < -0.3 is 14.8 Å². The molecule has 1 aliphatic rings. The number of methoxy groups -OCH3 is 1. The molecular formula is C12H23NO3. The lowest BCUT2D eigenvalue weighted by atomic mass is 9.81. The van der Waals surface area contributed by atoms with Crippen LogP contribution in [0, 0.1) is 5.41 Å². The van der Waals surface area contributed by atoms with E-state index in [4.69, 9.17) is 9.47 Å². The third-order valence-corrected chi connectivity index (χ3v) is 2.72. The summed E-state index contributed by atoms with van der Waals surface area (Å²) < 4.78 is 10.7. The maximum atomic E-state index is 12.2. The fraction of sp³-hybridized carbons (Fsp3) is 0.917. The van der Waals surface area contributed by atoms with Crippen LogP contribution < -0.4 is 5.32 Å². The number of piperidine rings is 1. The molecule has 0 aromatic heterocycles. The third kappa shape index (κ3) is 3.46. The van der Waals surface area contributed by atoms with Crippen molar-refractivity contribution in [1.82, 2.24) is 5.32 Å². The van der Waals surface area contributed by atoms with E-state index in [1.54, 1.807) is 7.11 Å². The Morgan fingerprint density at radius 3 is 2.56 bits per heavy atom. The fourth-order valence-electron chi connectivity index (χ4n) is 1.99. The predicted octanol–water partition coefficient (Wildman–Crippen LogP) is 1.34. The molecule has 0 aromatic carbocycles. The highest BCUT2D eigenvalue weighted by molar-refractivity contribution is 5.78. The zero-order chi connectivity index (χ0) is 12.2. The van der Waals surface area contributed by atoms with Gasteiger partial charge in [0, 0.05) is 13.7 Å². The van der Waals surface area contributed by atoms with Crippen molar-refractivity contribution >= 4 is 5.97 Å². The van der Waals surface area contributed by atoms with E-state index >= 15 is 0 Å². The molecule has 94 valence electrons. The topological polar surface area (TPSA) is 47.6 Å². The summed E-state index contributed by atoms with van der Waals surface area (Å²) in [5.74, 6) is -0.144. The smallest absolute Gasteiger partial charge is 0.316 e. The van der Waals surface area contributed by atoms with Gasteiger partial charge in [0.05, 0.1) is 6.61 Å². The highest BCUT2D eigenvalue weighted by Crippen LogP contribution is 2.30. The molecule has 4 nitrogen and oxygen atoms in total. The van der Waals surface area contributed by atoms with Gasteiger partial charge in [-0.2, -0.15) is 0 Å². The fourth-order valence-corrected chi connectivity index (χ4v) is 1.99. The van der Waals surface area contributed by atoms with Crippen molar-refractivity contribution in [1.29, 1.82) is 0 Å². The number of rotatable bonds is 3. The molecule has 0 aliphatic carbocycles. The maximum absolute atomic E-state index is 12.2. The summed E-state index contributed by atoms with van der Waals surface area (Å²) >= 11 is 0. The van der Waals surface area contributed by atoms with E-state index in [2.05, 4.69) is 5.32 Å². The van der Waals surface area contributed by atoms with Crippen molar-refractivity contribution < 1.29 is 14.3 Å². The molecule has 0 radical (unpaired) electrons. The summed E-state index contributed by atoms with van der Waals surface area (Å²) in [7, 11) is 1.63. The quantitative estimate of drug-likeness (QED) is 0.742. The van der Waals surface area contributed by atoms with Gasteiger partial charge >= 0.3 is 5.97 Å². The van der Waals surface area contributed by atoms with Gasteiger partial charge in [0.1, 0.15) is 11.0 Å². The SMILES string of the molecule is COCC1(C(=O)OC(C)(C)C)CCCNC1. The van der Waals surface area contributed by atoms with E-state index in [9.17, 15) is 4.79 Å². The van der Waals surface area contributed by atoms with Crippen molar-refractivity contribution in [3.05, 3.63) is 0 Å². The number of nitrogens with one attached hydrogen (secondary N) is 1. The van der Waals surface area contributed by atoms with Crippen molar-refractivity contribution in [3.63, 3.8) is 0 Å². The highest BCUT2D eigenvalue weighted by Gasteiger charge is 2.42. The lowest BCUT2D eigenvalue weighted by molar-refractivity contribution is -0.172. The molecule has 1 aliphatic heterocycles. The van der Waals surface area contributed by atoms with Crippen LogP contribution in [-0.2, 0) is 14.3 Å². The zero-order valence-corrected chi connectivity index (χ0v) is 10.8. The third-order valence-electron chi connectivity index (χ3n) is 2.72. The van der Waals surface area contributed by atoms with Gasteiger partial charge in [0.25, 0.3) is 0 Å². The lowest BCUT2D eigenvalue weighted by Crippen LogP contribution is -2.50. The van der Waals surface area contributed by atoms with Gasteiger partial charge in [0.2, 0.25) is 0 Å². The lowest BCUT2D eigenvalue weighted by Gasteiger charge is -2.36. The normalized spacial score (nSPS) is 26.5.